The number of nitrogens with zero attached hydrogens (tertiary/aromatic N) is 2. The van der Waals surface area contributed by atoms with Gasteiger partial charge in [-0.15, -0.1) is 0 Å². The van der Waals surface area contributed by atoms with E-state index in [1.165, 1.54) is 6.07 Å². The van der Waals surface area contributed by atoms with Gasteiger partial charge in [-0.3, -0.25) is 0 Å². The fourth-order valence-corrected chi connectivity index (χ4v) is 4.46. The van der Waals surface area contributed by atoms with Gasteiger partial charge in [-0.2, -0.15) is 0 Å². The first-order chi connectivity index (χ1) is 8.54. The van der Waals surface area contributed by atoms with Gasteiger partial charge in [-0.05, 0) is 0 Å². The van der Waals surface area contributed by atoms with Crippen LogP contribution in [-0.2, 0) is 0 Å². The third kappa shape index (κ3) is 2.36. The number of nitro groups is 1. The second kappa shape index (κ2) is 5.26. The van der Waals surface area contributed by atoms with E-state index in [0.717, 1.165) is 11.7 Å². The topological polar surface area (TPSA) is 70.2 Å². The van der Waals surface area contributed by atoms with Crippen LogP contribution in [0, 0.1) is 15.5 Å². The first-order valence-corrected chi connectivity index (χ1v) is 7.93. The average Bonchev–Trinajstić information content (AvgIpc) is 2.70. The summed E-state index contributed by atoms with van der Waals surface area (Å²) in [7, 11) is 0. The number of halogens is 1. The van der Waals surface area contributed by atoms with Gasteiger partial charge in [-0.1, -0.05) is 0 Å². The van der Waals surface area contributed by atoms with Crippen LogP contribution in [0.3, 0.4) is 0 Å². The summed E-state index contributed by atoms with van der Waals surface area (Å²) in [4.78, 5) is 12.4. The first-order valence-electron chi connectivity index (χ1n) is 5.49. The van der Waals surface area contributed by atoms with Crippen LogP contribution in [-0.4, -0.2) is 30.7 Å². The summed E-state index contributed by atoms with van der Waals surface area (Å²) in [6.45, 7) is 2.04. The van der Waals surface area contributed by atoms with Gasteiger partial charge in [0.15, 0.2) is 0 Å². The minimum atomic E-state index is -0.438. The molecular weight excluding hydrogens is 321 g/mol. The molecule has 1 N–H and O–H groups in total. The van der Waals surface area contributed by atoms with Crippen LogP contribution >= 0.6 is 11.6 Å². The number of benzene rings is 1. The van der Waals surface area contributed by atoms with Crippen molar-refractivity contribution in [2.75, 3.05) is 4.90 Å². The molecule has 0 spiro atoms. The van der Waals surface area contributed by atoms with Gasteiger partial charge in [0.1, 0.15) is 0 Å². The van der Waals surface area contributed by atoms with Crippen molar-refractivity contribution in [2.45, 2.75) is 24.7 Å². The van der Waals surface area contributed by atoms with Crippen LogP contribution in [0.5, 0.6) is 0 Å². The SMILES string of the molecule is CCC1C[Se]C(=N)N1c1ccc(Cl)cc1[N+](=O)[O-]. The van der Waals surface area contributed by atoms with Crippen molar-refractivity contribution in [1.29, 1.82) is 5.41 Å². The number of rotatable bonds is 3. The summed E-state index contributed by atoms with van der Waals surface area (Å²) in [5.41, 5.74) is 0.462. The molecule has 0 aromatic heterocycles. The number of hydrogen-bond donors (Lipinski definition) is 1. The fraction of sp³-hybridized carbons (Fsp3) is 0.364. The third-order valence-electron chi connectivity index (χ3n) is 2.86. The molecule has 1 aliphatic rings. The zero-order chi connectivity index (χ0) is 13.3. The standard InChI is InChI=1S/C11H12ClN3O2Se/c1-2-8-6-18-11(13)14(8)9-4-3-7(12)5-10(9)15(16)17/h3-5,8,13H,2,6H2,1H3. The number of nitrogens with one attached hydrogen (secondary N) is 1. The van der Waals surface area contributed by atoms with E-state index < -0.39 is 4.92 Å². The summed E-state index contributed by atoms with van der Waals surface area (Å²) < 4.78 is 0.500. The molecule has 1 aromatic rings. The van der Waals surface area contributed by atoms with Crippen LogP contribution in [0.1, 0.15) is 13.3 Å². The molecule has 7 heteroatoms. The van der Waals surface area contributed by atoms with Crippen molar-refractivity contribution >= 4 is 42.7 Å². The normalized spacial score (nSPS) is 19.3. The van der Waals surface area contributed by atoms with E-state index >= 15 is 0 Å². The van der Waals surface area contributed by atoms with Crippen LogP contribution in [0.15, 0.2) is 18.2 Å². The van der Waals surface area contributed by atoms with Crippen molar-refractivity contribution in [1.82, 2.24) is 0 Å². The van der Waals surface area contributed by atoms with E-state index in [1.54, 1.807) is 17.0 Å². The van der Waals surface area contributed by atoms with E-state index in [9.17, 15) is 10.1 Å². The Morgan fingerprint density at radius 2 is 2.39 bits per heavy atom. The molecule has 96 valence electrons. The quantitative estimate of drug-likeness (QED) is 0.525. The monoisotopic (exact) mass is 333 g/mol. The van der Waals surface area contributed by atoms with E-state index in [2.05, 4.69) is 0 Å². The molecule has 0 aliphatic carbocycles. The summed E-state index contributed by atoms with van der Waals surface area (Å²) in [5, 5.41) is 20.3. The van der Waals surface area contributed by atoms with Crippen molar-refractivity contribution < 1.29 is 4.92 Å². The Bertz CT molecular complexity index is 509. The van der Waals surface area contributed by atoms with Gasteiger partial charge in [0, 0.05) is 0 Å². The van der Waals surface area contributed by atoms with Gasteiger partial charge in [0.05, 0.1) is 0 Å². The second-order valence-electron chi connectivity index (χ2n) is 3.94. The zero-order valence-corrected chi connectivity index (χ0v) is 12.2. The molecule has 2 rings (SSSR count). The van der Waals surface area contributed by atoms with E-state index in [4.69, 9.17) is 17.0 Å². The Hall–Kier alpha value is -1.10. The molecule has 1 aliphatic heterocycles. The Morgan fingerprint density at radius 3 is 3.00 bits per heavy atom. The number of amidine groups is 1. The molecule has 1 saturated heterocycles. The van der Waals surface area contributed by atoms with E-state index in [1.807, 2.05) is 6.92 Å². The van der Waals surface area contributed by atoms with Crippen LogP contribution in [0.4, 0.5) is 11.4 Å². The average molecular weight is 333 g/mol. The van der Waals surface area contributed by atoms with Gasteiger partial charge in [0.2, 0.25) is 0 Å². The van der Waals surface area contributed by atoms with Crippen molar-refractivity contribution in [2.24, 2.45) is 0 Å². The molecule has 1 fully saturated rings. The molecule has 1 heterocycles. The fourth-order valence-electron chi connectivity index (χ4n) is 1.94. The molecule has 1 atom stereocenters. The molecule has 0 amide bonds. The summed E-state index contributed by atoms with van der Waals surface area (Å²) in [5.74, 6) is 0. The number of hydrogen-bond acceptors (Lipinski definition) is 3. The van der Waals surface area contributed by atoms with E-state index in [-0.39, 0.29) is 26.7 Å². The predicted octanol–water partition coefficient (Wildman–Crippen LogP) is 2.90. The molecule has 0 bridgehead atoms. The van der Waals surface area contributed by atoms with Gasteiger partial charge < -0.3 is 0 Å². The third-order valence-corrected chi connectivity index (χ3v) is 5.24. The predicted molar refractivity (Wildman–Crippen MR) is 73.0 cm³/mol. The number of anilines is 1. The molecule has 1 unspecified atom stereocenters. The maximum absolute atomic E-state index is 11.1. The van der Waals surface area contributed by atoms with Gasteiger partial charge >= 0.3 is 116 Å². The summed E-state index contributed by atoms with van der Waals surface area (Å²) >= 11 is 5.91. The Balaban J connectivity index is 2.49. The molecular formula is C11H12ClN3O2Se. The zero-order valence-electron chi connectivity index (χ0n) is 9.72. The number of nitro benzene ring substituents is 1. The van der Waals surface area contributed by atoms with Crippen LogP contribution in [0.2, 0.25) is 10.3 Å². The summed E-state index contributed by atoms with van der Waals surface area (Å²) in [6.07, 6.45) is 0.879. The van der Waals surface area contributed by atoms with E-state index in [0.29, 0.717) is 15.4 Å². The molecule has 18 heavy (non-hydrogen) atoms. The van der Waals surface area contributed by atoms with Crippen molar-refractivity contribution in [3.05, 3.63) is 33.3 Å². The first kappa shape index (κ1) is 13.3. The van der Waals surface area contributed by atoms with Crippen molar-refractivity contribution in [3.8, 4) is 0 Å². The Morgan fingerprint density at radius 1 is 1.67 bits per heavy atom. The molecule has 0 radical (unpaired) electrons. The molecule has 1 aromatic carbocycles. The summed E-state index contributed by atoms with van der Waals surface area (Å²) in [6, 6.07) is 4.81. The second-order valence-corrected chi connectivity index (χ2v) is 6.49. The van der Waals surface area contributed by atoms with Crippen LogP contribution in [0.25, 0.3) is 0 Å². The van der Waals surface area contributed by atoms with Crippen LogP contribution < -0.4 is 4.90 Å². The maximum atomic E-state index is 11.1. The van der Waals surface area contributed by atoms with Gasteiger partial charge in [0.25, 0.3) is 0 Å². The Labute approximate surface area is 116 Å². The molecule has 5 nitrogen and oxygen atoms in total. The minimum absolute atomic E-state index is 0.0246. The van der Waals surface area contributed by atoms with Crippen molar-refractivity contribution in [3.63, 3.8) is 0 Å². The molecule has 0 saturated carbocycles. The van der Waals surface area contributed by atoms with Gasteiger partial charge in [-0.25, -0.2) is 0 Å². The Kier molecular flexibility index (Phi) is 3.90.